The Kier molecular flexibility index (Phi) is 2.81. The topological polar surface area (TPSA) is 39.2 Å². The Labute approximate surface area is 80.1 Å². The van der Waals surface area contributed by atoms with Crippen molar-refractivity contribution >= 4 is 0 Å². The van der Waals surface area contributed by atoms with Crippen LogP contribution in [0.15, 0.2) is 16.7 Å². The molecule has 0 aliphatic heterocycles. The summed E-state index contributed by atoms with van der Waals surface area (Å²) in [5, 5.41) is 0. The van der Waals surface area contributed by atoms with Crippen molar-refractivity contribution in [1.29, 1.82) is 0 Å². The molecule has 0 saturated heterocycles. The van der Waals surface area contributed by atoms with Gasteiger partial charge in [0.1, 0.15) is 5.76 Å². The van der Waals surface area contributed by atoms with Crippen molar-refractivity contribution < 1.29 is 4.42 Å². The summed E-state index contributed by atoms with van der Waals surface area (Å²) in [7, 11) is 0. The van der Waals surface area contributed by atoms with Crippen LogP contribution in [0.5, 0.6) is 0 Å². The highest BCUT2D eigenvalue weighted by Gasteiger charge is 2.24. The first-order valence-electron chi connectivity index (χ1n) is 4.78. The normalized spacial score (nSPS) is 14.5. The van der Waals surface area contributed by atoms with E-state index in [1.807, 2.05) is 0 Å². The molecular formula is C11H19NO. The second-order valence-electron chi connectivity index (χ2n) is 4.55. The summed E-state index contributed by atoms with van der Waals surface area (Å²) in [6.07, 6.45) is 2.79. The van der Waals surface area contributed by atoms with Crippen LogP contribution in [0.3, 0.4) is 0 Å². The van der Waals surface area contributed by atoms with Crippen LogP contribution < -0.4 is 5.73 Å². The van der Waals surface area contributed by atoms with Crippen molar-refractivity contribution in [2.45, 2.75) is 40.2 Å². The number of hydrogen-bond acceptors (Lipinski definition) is 2. The van der Waals surface area contributed by atoms with Gasteiger partial charge >= 0.3 is 0 Å². The maximum atomic E-state index is 6.05. The fourth-order valence-electron chi connectivity index (χ4n) is 1.17. The summed E-state index contributed by atoms with van der Waals surface area (Å²) in [5.41, 5.74) is 7.32. The predicted octanol–water partition coefficient (Wildman–Crippen LogP) is 2.89. The molecule has 0 fully saturated rings. The van der Waals surface area contributed by atoms with Crippen LogP contribution in [-0.2, 0) is 6.42 Å². The largest absolute Gasteiger partial charge is 0.467 e. The van der Waals surface area contributed by atoms with Gasteiger partial charge in [0.05, 0.1) is 12.3 Å². The summed E-state index contributed by atoms with van der Waals surface area (Å²) in [6.45, 7) is 8.46. The molecule has 13 heavy (non-hydrogen) atoms. The highest BCUT2D eigenvalue weighted by atomic mass is 16.3. The lowest BCUT2D eigenvalue weighted by Crippen LogP contribution is -2.25. The average molecular weight is 181 g/mol. The van der Waals surface area contributed by atoms with E-state index in [4.69, 9.17) is 10.2 Å². The summed E-state index contributed by atoms with van der Waals surface area (Å²) in [6, 6.07) is 2.03. The molecule has 1 heterocycles. The number of furan rings is 1. The first-order chi connectivity index (χ1) is 5.95. The van der Waals surface area contributed by atoms with E-state index in [0.717, 1.165) is 12.2 Å². The first kappa shape index (κ1) is 10.3. The molecule has 1 atom stereocenters. The van der Waals surface area contributed by atoms with E-state index in [2.05, 4.69) is 33.8 Å². The lowest BCUT2D eigenvalue weighted by Gasteiger charge is -2.24. The zero-order valence-electron chi connectivity index (χ0n) is 8.92. The molecule has 0 aliphatic rings. The Morgan fingerprint density at radius 3 is 2.46 bits per heavy atom. The smallest absolute Gasteiger partial charge is 0.121 e. The minimum Gasteiger partial charge on any atom is -0.467 e. The molecule has 0 saturated carbocycles. The van der Waals surface area contributed by atoms with Crippen molar-refractivity contribution in [2.24, 2.45) is 11.1 Å². The standard InChI is InChI=1S/C11H19NO/c1-5-8-6-9(13-7-8)10(12)11(2,3)4/h6-7,10H,5,12H2,1-4H3/t10-/m0/s1. The molecule has 0 unspecified atom stereocenters. The van der Waals surface area contributed by atoms with Crippen molar-refractivity contribution in [3.8, 4) is 0 Å². The molecule has 0 aromatic carbocycles. The van der Waals surface area contributed by atoms with Gasteiger partial charge in [0, 0.05) is 0 Å². The zero-order valence-corrected chi connectivity index (χ0v) is 8.92. The van der Waals surface area contributed by atoms with Gasteiger partial charge in [-0.05, 0) is 23.5 Å². The number of nitrogens with two attached hydrogens (primary N) is 1. The Morgan fingerprint density at radius 2 is 2.08 bits per heavy atom. The maximum absolute atomic E-state index is 6.05. The zero-order chi connectivity index (χ0) is 10.1. The predicted molar refractivity (Wildman–Crippen MR) is 54.5 cm³/mol. The van der Waals surface area contributed by atoms with E-state index in [0.29, 0.717) is 0 Å². The molecule has 0 spiro atoms. The van der Waals surface area contributed by atoms with Gasteiger partial charge in [0.2, 0.25) is 0 Å². The van der Waals surface area contributed by atoms with Crippen LogP contribution in [0.2, 0.25) is 0 Å². The molecular weight excluding hydrogens is 162 g/mol. The van der Waals surface area contributed by atoms with Crippen molar-refractivity contribution in [3.05, 3.63) is 23.7 Å². The van der Waals surface area contributed by atoms with E-state index in [-0.39, 0.29) is 11.5 Å². The van der Waals surface area contributed by atoms with Gasteiger partial charge in [-0.2, -0.15) is 0 Å². The minimum absolute atomic E-state index is 0.0206. The molecule has 2 nitrogen and oxygen atoms in total. The fraction of sp³-hybridized carbons (Fsp3) is 0.636. The number of rotatable bonds is 2. The Morgan fingerprint density at radius 1 is 1.46 bits per heavy atom. The highest BCUT2D eigenvalue weighted by molar-refractivity contribution is 5.16. The minimum atomic E-state index is -0.0206. The number of aryl methyl sites for hydroxylation is 1. The first-order valence-corrected chi connectivity index (χ1v) is 4.78. The molecule has 74 valence electrons. The number of hydrogen-bond donors (Lipinski definition) is 1. The summed E-state index contributed by atoms with van der Waals surface area (Å²) < 4.78 is 5.42. The molecule has 1 aromatic heterocycles. The molecule has 2 heteroatoms. The van der Waals surface area contributed by atoms with Gasteiger partial charge < -0.3 is 10.2 Å². The van der Waals surface area contributed by atoms with Gasteiger partial charge in [0.25, 0.3) is 0 Å². The third kappa shape index (κ3) is 2.34. The Bertz CT molecular complexity index is 270. The Hall–Kier alpha value is -0.760. The second kappa shape index (κ2) is 3.54. The SMILES string of the molecule is CCc1coc([C@H](N)C(C)(C)C)c1. The van der Waals surface area contributed by atoms with E-state index < -0.39 is 0 Å². The van der Waals surface area contributed by atoms with Crippen molar-refractivity contribution in [3.63, 3.8) is 0 Å². The summed E-state index contributed by atoms with van der Waals surface area (Å²) >= 11 is 0. The third-order valence-corrected chi connectivity index (χ3v) is 2.32. The van der Waals surface area contributed by atoms with Gasteiger partial charge in [-0.3, -0.25) is 0 Å². The Balaban J connectivity index is 2.83. The van der Waals surface area contributed by atoms with Gasteiger partial charge in [-0.25, -0.2) is 0 Å². The van der Waals surface area contributed by atoms with Crippen LogP contribution >= 0.6 is 0 Å². The summed E-state index contributed by atoms with van der Waals surface area (Å²) in [5.74, 6) is 0.893. The average Bonchev–Trinajstić information content (AvgIpc) is 2.48. The molecule has 0 aliphatic carbocycles. The molecule has 1 rings (SSSR count). The molecule has 1 aromatic rings. The van der Waals surface area contributed by atoms with Gasteiger partial charge in [-0.1, -0.05) is 27.7 Å². The third-order valence-electron chi connectivity index (χ3n) is 2.32. The van der Waals surface area contributed by atoms with E-state index in [1.54, 1.807) is 6.26 Å². The van der Waals surface area contributed by atoms with E-state index in [9.17, 15) is 0 Å². The molecule has 0 bridgehead atoms. The molecule has 2 N–H and O–H groups in total. The summed E-state index contributed by atoms with van der Waals surface area (Å²) in [4.78, 5) is 0. The van der Waals surface area contributed by atoms with Crippen molar-refractivity contribution in [1.82, 2.24) is 0 Å². The van der Waals surface area contributed by atoms with Crippen LogP contribution in [0.1, 0.15) is 45.1 Å². The monoisotopic (exact) mass is 181 g/mol. The van der Waals surface area contributed by atoms with Gasteiger partial charge in [-0.15, -0.1) is 0 Å². The van der Waals surface area contributed by atoms with E-state index in [1.165, 1.54) is 5.56 Å². The fourth-order valence-corrected chi connectivity index (χ4v) is 1.17. The highest BCUT2D eigenvalue weighted by Crippen LogP contribution is 2.31. The second-order valence-corrected chi connectivity index (χ2v) is 4.55. The molecule has 0 amide bonds. The van der Waals surface area contributed by atoms with Crippen LogP contribution in [0.4, 0.5) is 0 Å². The van der Waals surface area contributed by atoms with Crippen LogP contribution in [0, 0.1) is 5.41 Å². The lowest BCUT2D eigenvalue weighted by molar-refractivity contribution is 0.285. The van der Waals surface area contributed by atoms with Crippen LogP contribution in [-0.4, -0.2) is 0 Å². The van der Waals surface area contributed by atoms with Gasteiger partial charge in [0.15, 0.2) is 0 Å². The molecule has 0 radical (unpaired) electrons. The lowest BCUT2D eigenvalue weighted by atomic mass is 9.86. The quantitative estimate of drug-likeness (QED) is 0.762. The van der Waals surface area contributed by atoms with E-state index >= 15 is 0 Å². The maximum Gasteiger partial charge on any atom is 0.121 e. The van der Waals surface area contributed by atoms with Crippen LogP contribution in [0.25, 0.3) is 0 Å². The van der Waals surface area contributed by atoms with Crippen molar-refractivity contribution in [2.75, 3.05) is 0 Å².